The summed E-state index contributed by atoms with van der Waals surface area (Å²) in [6.07, 6.45) is 9.35. The van der Waals surface area contributed by atoms with Crippen molar-refractivity contribution in [3.05, 3.63) is 65.0 Å². The third-order valence-corrected chi connectivity index (χ3v) is 6.36. The number of methoxy groups -OCH3 is 2. The number of ether oxygens (including phenoxy) is 3. The molecule has 39 heavy (non-hydrogen) atoms. The molecule has 2 aromatic rings. The van der Waals surface area contributed by atoms with Gasteiger partial charge >= 0.3 is 12.1 Å². The van der Waals surface area contributed by atoms with E-state index in [4.69, 9.17) is 14.2 Å². The van der Waals surface area contributed by atoms with Crippen LogP contribution in [-0.4, -0.2) is 47.5 Å². The molecule has 1 aliphatic carbocycles. The van der Waals surface area contributed by atoms with Gasteiger partial charge in [-0.3, -0.25) is 9.36 Å². The van der Waals surface area contributed by atoms with Crippen LogP contribution in [0.3, 0.4) is 0 Å². The van der Waals surface area contributed by atoms with Crippen molar-refractivity contribution in [1.82, 2.24) is 15.0 Å². The molecule has 1 N–H and O–H groups in total. The van der Waals surface area contributed by atoms with Crippen LogP contribution in [0.25, 0.3) is 10.9 Å². The fourth-order valence-electron chi connectivity index (χ4n) is 4.75. The summed E-state index contributed by atoms with van der Waals surface area (Å²) >= 11 is 0. The molecule has 1 aromatic carbocycles. The number of aryl methyl sites for hydroxylation is 1. The smallest absolute Gasteiger partial charge is 0.419 e. The Bertz CT molecular complexity index is 1370. The predicted molar refractivity (Wildman–Crippen MR) is 150 cm³/mol. The van der Waals surface area contributed by atoms with Gasteiger partial charge in [-0.05, 0) is 69.5 Å². The third kappa shape index (κ3) is 6.35. The second kappa shape index (κ2) is 12.2. The lowest BCUT2D eigenvalue weighted by atomic mass is 9.95. The Kier molecular flexibility index (Phi) is 9.25. The van der Waals surface area contributed by atoms with Crippen LogP contribution in [0.5, 0.6) is 5.75 Å². The normalized spacial score (nSPS) is 16.8. The van der Waals surface area contributed by atoms with Gasteiger partial charge in [-0.2, -0.15) is 5.26 Å². The van der Waals surface area contributed by atoms with Crippen LogP contribution >= 0.6 is 0 Å². The number of hydrazine groups is 1. The number of carbonyl (C=O) groups is 2. The predicted octanol–water partition coefficient (Wildman–Crippen LogP) is 5.85. The maximum absolute atomic E-state index is 13.0. The van der Waals surface area contributed by atoms with Gasteiger partial charge in [-0.25, -0.2) is 10.2 Å². The first kappa shape index (κ1) is 29.5. The maximum atomic E-state index is 13.0. The van der Waals surface area contributed by atoms with Crippen molar-refractivity contribution in [2.45, 2.75) is 72.1 Å². The average Bonchev–Trinajstić information content (AvgIpc) is 3.54. The average molecular weight is 535 g/mol. The van der Waals surface area contributed by atoms with Crippen LogP contribution < -0.4 is 10.2 Å². The standard InChI is InChI=1S/C28H32N4O5.C2H6/c1-17-13-23(35-5)25(20-11-12-31(26(17)20)27(34)37-28(2,3)4)22(9-10-24(33)36-6)32-16-19-8-7-18(15-29)14-21(19)30-32;1-2/h7-8,11-14,16,21-22,30H,9-10H2,1-6H3;1-2H3. The Hall–Kier alpha value is -4.03. The molecule has 0 radical (unpaired) electrons. The van der Waals surface area contributed by atoms with Crippen molar-refractivity contribution in [2.75, 3.05) is 14.2 Å². The van der Waals surface area contributed by atoms with Gasteiger partial charge in [-0.1, -0.05) is 19.9 Å². The van der Waals surface area contributed by atoms with E-state index in [9.17, 15) is 14.9 Å². The number of nitrogens with zero attached hydrogens (tertiary/aromatic N) is 3. The number of rotatable bonds is 6. The molecule has 2 atom stereocenters. The van der Waals surface area contributed by atoms with Gasteiger partial charge < -0.3 is 19.2 Å². The van der Waals surface area contributed by atoms with Crippen LogP contribution in [0.15, 0.2) is 53.9 Å². The highest BCUT2D eigenvalue weighted by Crippen LogP contribution is 2.42. The van der Waals surface area contributed by atoms with E-state index in [1.165, 1.54) is 11.7 Å². The molecule has 4 rings (SSSR count). The minimum absolute atomic E-state index is 0.168. The summed E-state index contributed by atoms with van der Waals surface area (Å²) in [5, 5.41) is 12.1. The van der Waals surface area contributed by atoms with E-state index >= 15 is 0 Å². The number of fused-ring (bicyclic) bond motifs is 2. The molecule has 0 bridgehead atoms. The second-order valence-corrected chi connectivity index (χ2v) is 10.1. The van der Waals surface area contributed by atoms with Gasteiger partial charge in [0.15, 0.2) is 0 Å². The van der Waals surface area contributed by atoms with Crippen molar-refractivity contribution < 1.29 is 23.8 Å². The van der Waals surface area contributed by atoms with Gasteiger partial charge in [0.05, 0.1) is 37.9 Å². The molecule has 2 unspecified atom stereocenters. The summed E-state index contributed by atoms with van der Waals surface area (Å²) in [7, 11) is 2.97. The van der Waals surface area contributed by atoms with E-state index < -0.39 is 11.7 Å². The van der Waals surface area contributed by atoms with Gasteiger partial charge in [0.25, 0.3) is 0 Å². The Morgan fingerprint density at radius 2 is 1.92 bits per heavy atom. The SMILES string of the molecule is CC.COC(=O)CCC(c1c(OC)cc(C)c2c1ccn2C(=O)OC(C)(C)C)N1C=C2C=CC(C#N)=CC2N1. The highest BCUT2D eigenvalue weighted by molar-refractivity contribution is 5.95. The summed E-state index contributed by atoms with van der Waals surface area (Å²) in [5.41, 5.74) is 6.76. The Morgan fingerprint density at radius 3 is 2.54 bits per heavy atom. The van der Waals surface area contributed by atoms with Crippen molar-refractivity contribution >= 4 is 23.0 Å². The Labute approximate surface area is 230 Å². The number of hydrogen-bond donors (Lipinski definition) is 1. The highest BCUT2D eigenvalue weighted by atomic mass is 16.6. The van der Waals surface area contributed by atoms with Crippen LogP contribution in [0.2, 0.25) is 0 Å². The molecular formula is C30H38N4O5. The summed E-state index contributed by atoms with van der Waals surface area (Å²) in [4.78, 5) is 25.2. The lowest BCUT2D eigenvalue weighted by Gasteiger charge is -2.31. The molecule has 1 aromatic heterocycles. The molecule has 0 saturated heterocycles. The van der Waals surface area contributed by atoms with Gasteiger partial charge in [0, 0.05) is 35.3 Å². The minimum Gasteiger partial charge on any atom is -0.496 e. The zero-order valence-corrected chi connectivity index (χ0v) is 24.0. The molecule has 0 fully saturated rings. The number of hydrogen-bond acceptors (Lipinski definition) is 8. The largest absolute Gasteiger partial charge is 0.496 e. The number of benzene rings is 1. The monoisotopic (exact) mass is 534 g/mol. The number of aromatic nitrogens is 1. The molecule has 0 saturated carbocycles. The fourth-order valence-corrected chi connectivity index (χ4v) is 4.75. The molecule has 2 heterocycles. The van der Waals surface area contributed by atoms with E-state index in [0.717, 1.165) is 22.1 Å². The first-order valence-electron chi connectivity index (χ1n) is 13.1. The highest BCUT2D eigenvalue weighted by Gasteiger charge is 2.33. The van der Waals surface area contributed by atoms with E-state index in [2.05, 4.69) is 11.5 Å². The lowest BCUT2D eigenvalue weighted by molar-refractivity contribution is -0.141. The Morgan fingerprint density at radius 1 is 1.21 bits per heavy atom. The molecule has 2 aliphatic rings. The number of nitrogens with one attached hydrogen (secondary N) is 1. The second-order valence-electron chi connectivity index (χ2n) is 10.1. The molecular weight excluding hydrogens is 496 g/mol. The summed E-state index contributed by atoms with van der Waals surface area (Å²) in [6, 6.07) is 5.43. The number of carbonyl (C=O) groups excluding carboxylic acids is 2. The van der Waals surface area contributed by atoms with E-state index in [0.29, 0.717) is 23.3 Å². The van der Waals surface area contributed by atoms with Gasteiger partial charge in [0.1, 0.15) is 11.4 Å². The fraction of sp³-hybridized carbons (Fsp3) is 0.433. The van der Waals surface area contributed by atoms with Crippen LogP contribution in [0.4, 0.5) is 4.79 Å². The van der Waals surface area contributed by atoms with Gasteiger partial charge in [0.2, 0.25) is 0 Å². The van der Waals surface area contributed by atoms with Crippen molar-refractivity contribution in [3.63, 3.8) is 0 Å². The number of esters is 1. The van der Waals surface area contributed by atoms with E-state index in [-0.39, 0.29) is 24.5 Å². The minimum atomic E-state index is -0.648. The van der Waals surface area contributed by atoms with E-state index in [1.807, 2.05) is 77.0 Å². The maximum Gasteiger partial charge on any atom is 0.419 e. The van der Waals surface area contributed by atoms with E-state index in [1.54, 1.807) is 19.4 Å². The zero-order chi connectivity index (χ0) is 28.9. The summed E-state index contributed by atoms with van der Waals surface area (Å²) in [6.45, 7) is 11.4. The molecule has 9 heteroatoms. The number of nitriles is 1. The zero-order valence-electron chi connectivity index (χ0n) is 24.0. The lowest BCUT2D eigenvalue weighted by Crippen LogP contribution is -2.38. The third-order valence-electron chi connectivity index (χ3n) is 6.36. The van der Waals surface area contributed by atoms with Crippen LogP contribution in [0, 0.1) is 18.3 Å². The Balaban J connectivity index is 0.00000205. The van der Waals surface area contributed by atoms with Crippen LogP contribution in [0.1, 0.15) is 64.6 Å². The molecule has 1 aliphatic heterocycles. The molecule has 208 valence electrons. The number of allylic oxidation sites excluding steroid dienone is 2. The summed E-state index contributed by atoms with van der Waals surface area (Å²) in [5.74, 6) is 0.315. The van der Waals surface area contributed by atoms with Crippen LogP contribution in [-0.2, 0) is 14.3 Å². The topological polar surface area (TPSA) is 106 Å². The quantitative estimate of drug-likeness (QED) is 0.460. The molecule has 9 nitrogen and oxygen atoms in total. The summed E-state index contributed by atoms with van der Waals surface area (Å²) < 4.78 is 17.9. The van der Waals surface area contributed by atoms with Crippen molar-refractivity contribution in [3.8, 4) is 11.8 Å². The van der Waals surface area contributed by atoms with Crippen molar-refractivity contribution in [1.29, 1.82) is 5.26 Å². The first-order chi connectivity index (χ1) is 18.6. The molecule has 0 spiro atoms. The molecule has 0 amide bonds. The van der Waals surface area contributed by atoms with Gasteiger partial charge in [-0.15, -0.1) is 0 Å². The first-order valence-corrected chi connectivity index (χ1v) is 13.1. The van der Waals surface area contributed by atoms with Crippen molar-refractivity contribution in [2.24, 2.45) is 0 Å².